The second kappa shape index (κ2) is 76.6. The lowest BCUT2D eigenvalue weighted by atomic mass is 10.0. The van der Waals surface area contributed by atoms with Crippen LogP contribution < -0.4 is 0 Å². The Hall–Kier alpha value is -2.55. The van der Waals surface area contributed by atoms with Crippen LogP contribution in [0.15, 0.2) is 72.9 Å². The van der Waals surface area contributed by atoms with Crippen LogP contribution in [0.3, 0.4) is 0 Å². The number of likely N-dealkylation sites (N-methyl/N-ethyl adjacent to an activating group) is 1. The van der Waals surface area contributed by atoms with Crippen molar-refractivity contribution in [2.24, 2.45) is 0 Å². The molecule has 0 aromatic carbocycles. The normalized spacial score (nSPS) is 13.4. The highest BCUT2D eigenvalue weighted by Crippen LogP contribution is 2.43. The summed E-state index contributed by atoms with van der Waals surface area (Å²) in [5.74, 6) is -0.778. The zero-order chi connectivity index (χ0) is 69.7. The van der Waals surface area contributed by atoms with E-state index in [1.165, 1.54) is 315 Å². The first-order chi connectivity index (χ1) is 47.0. The summed E-state index contributed by atoms with van der Waals surface area (Å²) in [5, 5.41) is 0. The number of phosphoric ester groups is 1. The number of carbonyl (C=O) groups is 2. The molecule has 0 aliphatic rings. The number of esters is 2. The molecule has 0 spiro atoms. The maximum absolute atomic E-state index is 12.9. The first kappa shape index (κ1) is 93.5. The molecule has 0 amide bonds. The summed E-state index contributed by atoms with van der Waals surface area (Å²) >= 11 is 0. The molecule has 562 valence electrons. The molecule has 0 bridgehead atoms. The van der Waals surface area contributed by atoms with Gasteiger partial charge in [0.05, 0.1) is 27.7 Å². The Morgan fingerprint density at radius 1 is 0.333 bits per heavy atom. The molecule has 0 aromatic rings. The minimum atomic E-state index is -4.40. The molecule has 0 rings (SSSR count). The van der Waals surface area contributed by atoms with Crippen LogP contribution in [0.1, 0.15) is 412 Å². The average molecular weight is 1370 g/mol. The maximum atomic E-state index is 12.9. The van der Waals surface area contributed by atoms with Crippen LogP contribution in [0.25, 0.3) is 0 Å². The van der Waals surface area contributed by atoms with Crippen molar-refractivity contribution in [2.75, 3.05) is 47.5 Å². The minimum absolute atomic E-state index is 0.0324. The molecule has 0 saturated carbocycles. The monoisotopic (exact) mass is 1370 g/mol. The Labute approximate surface area is 597 Å². The first-order valence-corrected chi connectivity index (χ1v) is 43.2. The summed E-state index contributed by atoms with van der Waals surface area (Å²) in [6.45, 7) is 4.38. The lowest BCUT2D eigenvalue weighted by Crippen LogP contribution is -2.37. The van der Waals surface area contributed by atoms with Crippen molar-refractivity contribution in [1.82, 2.24) is 0 Å². The fourth-order valence-corrected chi connectivity index (χ4v) is 13.1. The third kappa shape index (κ3) is 80.4. The van der Waals surface area contributed by atoms with Gasteiger partial charge in [-0.3, -0.25) is 18.6 Å². The number of phosphoric acid groups is 1. The van der Waals surface area contributed by atoms with Gasteiger partial charge in [0, 0.05) is 12.8 Å². The molecular formula is C86H161NO8P+. The van der Waals surface area contributed by atoms with Gasteiger partial charge < -0.3 is 18.9 Å². The predicted molar refractivity (Wildman–Crippen MR) is 418 cm³/mol. The molecule has 0 fully saturated rings. The van der Waals surface area contributed by atoms with Gasteiger partial charge in [0.1, 0.15) is 19.8 Å². The number of hydrogen-bond acceptors (Lipinski definition) is 7. The summed E-state index contributed by atoms with van der Waals surface area (Å²) in [6, 6.07) is 0. The number of rotatable bonds is 78. The number of ether oxygens (including phenoxy) is 2. The van der Waals surface area contributed by atoms with Crippen LogP contribution in [-0.2, 0) is 32.7 Å². The number of allylic oxidation sites excluding steroid dienone is 12. The minimum Gasteiger partial charge on any atom is -0.462 e. The molecule has 0 radical (unpaired) electrons. The van der Waals surface area contributed by atoms with Gasteiger partial charge in [0.2, 0.25) is 0 Å². The van der Waals surface area contributed by atoms with E-state index in [1.54, 1.807) is 0 Å². The number of unbranched alkanes of at least 4 members (excludes halogenated alkanes) is 52. The van der Waals surface area contributed by atoms with Crippen molar-refractivity contribution in [2.45, 2.75) is 418 Å². The van der Waals surface area contributed by atoms with E-state index in [2.05, 4.69) is 86.8 Å². The van der Waals surface area contributed by atoms with Gasteiger partial charge in [0.25, 0.3) is 0 Å². The molecule has 0 saturated heterocycles. The van der Waals surface area contributed by atoms with E-state index in [-0.39, 0.29) is 25.6 Å². The van der Waals surface area contributed by atoms with Crippen molar-refractivity contribution in [3.8, 4) is 0 Å². The van der Waals surface area contributed by atoms with Crippen LogP contribution in [0.4, 0.5) is 0 Å². The van der Waals surface area contributed by atoms with Crippen LogP contribution >= 0.6 is 7.82 Å². The van der Waals surface area contributed by atoms with Gasteiger partial charge in [-0.2, -0.15) is 0 Å². The van der Waals surface area contributed by atoms with Gasteiger partial charge in [-0.15, -0.1) is 0 Å². The molecule has 0 aliphatic carbocycles. The van der Waals surface area contributed by atoms with Crippen molar-refractivity contribution >= 4 is 19.8 Å². The predicted octanol–water partition coefficient (Wildman–Crippen LogP) is 27.8. The van der Waals surface area contributed by atoms with Crippen molar-refractivity contribution < 1.29 is 42.1 Å². The average Bonchev–Trinajstić information content (AvgIpc) is 1.97. The topological polar surface area (TPSA) is 108 Å². The Kier molecular flexibility index (Phi) is 74.6. The summed E-state index contributed by atoms with van der Waals surface area (Å²) < 4.78 is 34.8. The standard InChI is InChI=1S/C86H160NO8P/c1-6-8-10-12-14-16-18-20-22-24-26-28-30-32-34-36-38-39-40-41-42-43-44-45-46-47-49-50-52-54-56-58-60-62-64-66-68-70-72-74-76-78-85(88)92-82-84(83-94-96(90,91)93-81-80-87(3,4)5)95-86(89)79-77-75-73-71-69-67-65-63-61-59-57-55-53-51-48-37-35-33-31-29-27-25-23-21-19-17-15-13-11-9-7-2/h9,11,15,17,21,23-24,26-27,29,33,35,84H,6-8,10,12-14,16,18-20,22,25,28,30-32,34,36-83H2,1-5H3/p+1/b11-9-,17-15-,23-21-,26-24-,29-27-,35-33-. The Bertz CT molecular complexity index is 1850. The van der Waals surface area contributed by atoms with E-state index in [0.717, 1.165) is 64.2 Å². The van der Waals surface area contributed by atoms with Crippen molar-refractivity contribution in [1.29, 1.82) is 0 Å². The molecule has 10 heteroatoms. The second-order valence-corrected chi connectivity index (χ2v) is 30.9. The van der Waals surface area contributed by atoms with Crippen LogP contribution in [-0.4, -0.2) is 74.9 Å². The molecule has 2 atom stereocenters. The molecule has 0 aromatic heterocycles. The van der Waals surface area contributed by atoms with Gasteiger partial charge in [-0.25, -0.2) is 4.57 Å². The molecule has 2 unspecified atom stereocenters. The number of nitrogens with zero attached hydrogens (tertiary/aromatic N) is 1. The van der Waals surface area contributed by atoms with E-state index >= 15 is 0 Å². The number of carbonyl (C=O) groups excluding carboxylic acids is 2. The molecule has 0 aliphatic heterocycles. The van der Waals surface area contributed by atoms with Gasteiger partial charge in [-0.1, -0.05) is 389 Å². The van der Waals surface area contributed by atoms with E-state index in [4.69, 9.17) is 18.5 Å². The van der Waals surface area contributed by atoms with Gasteiger partial charge in [0.15, 0.2) is 6.10 Å². The Morgan fingerprint density at radius 3 is 0.896 bits per heavy atom. The van der Waals surface area contributed by atoms with Crippen LogP contribution in [0.2, 0.25) is 0 Å². The molecule has 96 heavy (non-hydrogen) atoms. The highest BCUT2D eigenvalue weighted by molar-refractivity contribution is 7.47. The van der Waals surface area contributed by atoms with Crippen LogP contribution in [0.5, 0.6) is 0 Å². The summed E-state index contributed by atoms with van der Waals surface area (Å²) in [7, 11) is 1.49. The summed E-state index contributed by atoms with van der Waals surface area (Å²) in [5.41, 5.74) is 0. The van der Waals surface area contributed by atoms with Crippen LogP contribution in [0, 0.1) is 0 Å². The first-order valence-electron chi connectivity index (χ1n) is 41.7. The largest absolute Gasteiger partial charge is 0.472 e. The SMILES string of the molecule is CC/C=C\C/C=C\C/C=C\C/C=C\C/C=C\CCCCCCCCCCCCCCCCCC(=O)OC(COC(=O)CCCCCCCCCCCCCCCCCCCCCCCCCCCCCCC/C=C\CCCCCCCCCC)COP(=O)(O)OCC[N+](C)(C)C. The third-order valence-corrected chi connectivity index (χ3v) is 19.7. The van der Waals surface area contributed by atoms with E-state index in [9.17, 15) is 19.0 Å². The van der Waals surface area contributed by atoms with E-state index in [0.29, 0.717) is 23.9 Å². The Morgan fingerprint density at radius 2 is 0.594 bits per heavy atom. The zero-order valence-electron chi connectivity index (χ0n) is 64.4. The number of quaternary nitrogens is 1. The third-order valence-electron chi connectivity index (χ3n) is 18.7. The molecular weight excluding hydrogens is 1210 g/mol. The van der Waals surface area contributed by atoms with Gasteiger partial charge in [-0.05, 0) is 83.5 Å². The fraction of sp³-hybridized carbons (Fsp3) is 0.837. The molecule has 0 heterocycles. The lowest BCUT2D eigenvalue weighted by molar-refractivity contribution is -0.870. The summed E-state index contributed by atoms with van der Waals surface area (Å²) in [4.78, 5) is 36.0. The number of hydrogen-bond donors (Lipinski definition) is 1. The van der Waals surface area contributed by atoms with Crippen molar-refractivity contribution in [3.05, 3.63) is 72.9 Å². The quantitative estimate of drug-likeness (QED) is 0.0211. The fourth-order valence-electron chi connectivity index (χ4n) is 12.4. The van der Waals surface area contributed by atoms with Crippen molar-refractivity contribution in [3.63, 3.8) is 0 Å². The zero-order valence-corrected chi connectivity index (χ0v) is 65.3. The molecule has 9 nitrogen and oxygen atoms in total. The Balaban J connectivity index is 3.88. The highest BCUT2D eigenvalue weighted by atomic mass is 31.2. The maximum Gasteiger partial charge on any atom is 0.472 e. The summed E-state index contributed by atoms with van der Waals surface area (Å²) in [6.07, 6.45) is 105. The van der Waals surface area contributed by atoms with E-state index in [1.807, 2.05) is 21.1 Å². The van der Waals surface area contributed by atoms with E-state index < -0.39 is 26.5 Å². The highest BCUT2D eigenvalue weighted by Gasteiger charge is 2.27. The smallest absolute Gasteiger partial charge is 0.462 e. The van der Waals surface area contributed by atoms with Gasteiger partial charge >= 0.3 is 19.8 Å². The molecule has 1 N–H and O–H groups in total. The lowest BCUT2D eigenvalue weighted by Gasteiger charge is -2.24. The second-order valence-electron chi connectivity index (χ2n) is 29.5.